The standard InChI is InChI=1S/C27H30N2O2S/c1-27(2,3)19-12-13-21-22(15-19)32-26-23(21)25(30)28-24(29-26)18-10-7-11-20(14-18)31-16-17-8-5-4-6-9-17/h4-11,14,19,24,29H,12-13,15-16H2,1-3H3,(H,28,30). The highest BCUT2D eigenvalue weighted by Crippen LogP contribution is 2.46. The van der Waals surface area contributed by atoms with Gasteiger partial charge in [-0.15, -0.1) is 11.3 Å². The van der Waals surface area contributed by atoms with Crippen LogP contribution in [0.15, 0.2) is 54.6 Å². The molecule has 1 aliphatic carbocycles. The third-order valence-corrected chi connectivity index (χ3v) is 7.89. The molecule has 1 amide bonds. The van der Waals surface area contributed by atoms with Gasteiger partial charge in [0.1, 0.15) is 23.5 Å². The average molecular weight is 447 g/mol. The van der Waals surface area contributed by atoms with Crippen molar-refractivity contribution in [2.75, 3.05) is 5.32 Å². The first-order valence-electron chi connectivity index (χ1n) is 11.4. The Kier molecular flexibility index (Phi) is 5.46. The molecule has 0 spiro atoms. The number of ether oxygens (including phenoxy) is 1. The van der Waals surface area contributed by atoms with Gasteiger partial charge in [-0.05, 0) is 59.4 Å². The third kappa shape index (κ3) is 4.14. The molecule has 2 unspecified atom stereocenters. The Hall–Kier alpha value is -2.79. The zero-order valence-electron chi connectivity index (χ0n) is 18.9. The van der Waals surface area contributed by atoms with Gasteiger partial charge in [-0.3, -0.25) is 4.79 Å². The molecule has 2 atom stereocenters. The van der Waals surface area contributed by atoms with Crippen LogP contribution >= 0.6 is 11.3 Å². The largest absolute Gasteiger partial charge is 0.489 e. The Bertz CT molecular complexity index is 1130. The highest BCUT2D eigenvalue weighted by atomic mass is 32.1. The zero-order chi connectivity index (χ0) is 22.3. The number of anilines is 1. The lowest BCUT2D eigenvalue weighted by atomic mass is 9.72. The first-order chi connectivity index (χ1) is 15.4. The number of nitrogens with one attached hydrogen (secondary N) is 2. The van der Waals surface area contributed by atoms with Crippen molar-refractivity contribution in [2.45, 2.75) is 52.8 Å². The Morgan fingerprint density at radius 2 is 1.88 bits per heavy atom. The SMILES string of the molecule is CC(C)(C)C1CCc2c(sc3c2C(=O)NC(c2cccc(OCc4ccccc4)c2)N3)C1. The maximum Gasteiger partial charge on any atom is 0.256 e. The zero-order valence-corrected chi connectivity index (χ0v) is 19.7. The highest BCUT2D eigenvalue weighted by molar-refractivity contribution is 7.16. The number of thiophene rings is 1. The summed E-state index contributed by atoms with van der Waals surface area (Å²) in [6.07, 6.45) is 2.95. The smallest absolute Gasteiger partial charge is 0.256 e. The topological polar surface area (TPSA) is 50.4 Å². The van der Waals surface area contributed by atoms with E-state index in [1.165, 1.54) is 10.4 Å². The Labute approximate surface area is 194 Å². The van der Waals surface area contributed by atoms with E-state index in [0.29, 0.717) is 17.9 Å². The van der Waals surface area contributed by atoms with Crippen molar-refractivity contribution in [3.63, 3.8) is 0 Å². The minimum atomic E-state index is -0.256. The first kappa shape index (κ1) is 21.1. The molecule has 5 rings (SSSR count). The molecular weight excluding hydrogens is 416 g/mol. The van der Waals surface area contributed by atoms with Gasteiger partial charge in [-0.1, -0.05) is 63.2 Å². The molecule has 1 aromatic heterocycles. The van der Waals surface area contributed by atoms with E-state index in [2.05, 4.69) is 43.5 Å². The van der Waals surface area contributed by atoms with Gasteiger partial charge in [0.15, 0.2) is 0 Å². The second kappa shape index (κ2) is 8.28. The molecule has 3 aromatic rings. The molecule has 4 nitrogen and oxygen atoms in total. The predicted molar refractivity (Wildman–Crippen MR) is 130 cm³/mol. The fourth-order valence-electron chi connectivity index (χ4n) is 4.73. The van der Waals surface area contributed by atoms with E-state index < -0.39 is 0 Å². The summed E-state index contributed by atoms with van der Waals surface area (Å²) in [7, 11) is 0. The second-order valence-corrected chi connectivity index (χ2v) is 11.0. The fourth-order valence-corrected chi connectivity index (χ4v) is 6.08. The summed E-state index contributed by atoms with van der Waals surface area (Å²) >= 11 is 1.77. The summed E-state index contributed by atoms with van der Waals surface area (Å²) in [4.78, 5) is 14.5. The lowest BCUT2D eigenvalue weighted by Gasteiger charge is -2.34. The lowest BCUT2D eigenvalue weighted by Crippen LogP contribution is -2.38. The van der Waals surface area contributed by atoms with Crippen molar-refractivity contribution < 1.29 is 9.53 Å². The van der Waals surface area contributed by atoms with E-state index in [9.17, 15) is 4.79 Å². The number of benzene rings is 2. The van der Waals surface area contributed by atoms with Crippen LogP contribution in [0.1, 0.15) is 65.3 Å². The number of carbonyl (C=O) groups excluding carboxylic acids is 1. The van der Waals surface area contributed by atoms with Crippen molar-refractivity contribution in [2.24, 2.45) is 11.3 Å². The van der Waals surface area contributed by atoms with E-state index in [-0.39, 0.29) is 12.1 Å². The molecule has 0 bridgehead atoms. The maximum atomic E-state index is 13.1. The summed E-state index contributed by atoms with van der Waals surface area (Å²) in [5, 5.41) is 7.76. The van der Waals surface area contributed by atoms with Gasteiger partial charge in [0, 0.05) is 4.88 Å². The molecule has 2 aliphatic rings. The molecule has 5 heteroatoms. The summed E-state index contributed by atoms with van der Waals surface area (Å²) in [5.41, 5.74) is 4.54. The van der Waals surface area contributed by atoms with Crippen LogP contribution in [0, 0.1) is 11.3 Å². The van der Waals surface area contributed by atoms with E-state index in [0.717, 1.165) is 46.7 Å². The van der Waals surface area contributed by atoms with E-state index >= 15 is 0 Å². The van der Waals surface area contributed by atoms with Gasteiger partial charge in [-0.2, -0.15) is 0 Å². The first-order valence-corrected chi connectivity index (χ1v) is 12.2. The van der Waals surface area contributed by atoms with Crippen molar-refractivity contribution in [3.05, 3.63) is 81.7 Å². The molecule has 0 fully saturated rings. The fraction of sp³-hybridized carbons (Fsp3) is 0.370. The van der Waals surface area contributed by atoms with Crippen LogP contribution in [0.4, 0.5) is 5.00 Å². The second-order valence-electron chi connectivity index (χ2n) is 9.91. The number of hydrogen-bond donors (Lipinski definition) is 2. The summed E-state index contributed by atoms with van der Waals surface area (Å²) in [5.74, 6) is 1.49. The average Bonchev–Trinajstić information content (AvgIpc) is 3.16. The van der Waals surface area contributed by atoms with Gasteiger partial charge in [-0.25, -0.2) is 0 Å². The number of rotatable bonds is 4. The quantitative estimate of drug-likeness (QED) is 0.492. The molecule has 0 saturated heterocycles. The molecule has 0 radical (unpaired) electrons. The lowest BCUT2D eigenvalue weighted by molar-refractivity contribution is 0.0934. The van der Waals surface area contributed by atoms with Crippen LogP contribution in [0.3, 0.4) is 0 Å². The monoisotopic (exact) mass is 446 g/mol. The van der Waals surface area contributed by atoms with Crippen LogP contribution in [-0.4, -0.2) is 5.91 Å². The van der Waals surface area contributed by atoms with Crippen molar-refractivity contribution in [3.8, 4) is 5.75 Å². The van der Waals surface area contributed by atoms with Gasteiger partial charge < -0.3 is 15.4 Å². The van der Waals surface area contributed by atoms with Crippen molar-refractivity contribution >= 4 is 22.2 Å². The molecule has 2 aromatic carbocycles. The Balaban J connectivity index is 1.34. The van der Waals surface area contributed by atoms with Crippen molar-refractivity contribution in [1.29, 1.82) is 0 Å². The van der Waals surface area contributed by atoms with E-state index in [1.807, 2.05) is 42.5 Å². The van der Waals surface area contributed by atoms with E-state index in [1.54, 1.807) is 11.3 Å². The molecule has 2 N–H and O–H groups in total. The van der Waals surface area contributed by atoms with Crippen LogP contribution in [0.25, 0.3) is 0 Å². The Morgan fingerprint density at radius 1 is 1.06 bits per heavy atom. The summed E-state index contributed by atoms with van der Waals surface area (Å²) in [6.45, 7) is 7.49. The molecular formula is C27H30N2O2S. The van der Waals surface area contributed by atoms with E-state index in [4.69, 9.17) is 4.74 Å². The number of fused-ring (bicyclic) bond motifs is 3. The summed E-state index contributed by atoms with van der Waals surface area (Å²) < 4.78 is 5.99. The summed E-state index contributed by atoms with van der Waals surface area (Å²) in [6, 6.07) is 18.1. The molecule has 2 heterocycles. The van der Waals surface area contributed by atoms with Gasteiger partial charge >= 0.3 is 0 Å². The third-order valence-electron chi connectivity index (χ3n) is 6.71. The molecule has 1 aliphatic heterocycles. The molecule has 0 saturated carbocycles. The van der Waals surface area contributed by atoms with Gasteiger partial charge in [0.05, 0.1) is 5.56 Å². The number of carbonyl (C=O) groups is 1. The predicted octanol–water partition coefficient (Wildman–Crippen LogP) is 6.33. The minimum Gasteiger partial charge on any atom is -0.489 e. The number of amides is 1. The number of hydrogen-bond acceptors (Lipinski definition) is 4. The Morgan fingerprint density at radius 3 is 2.66 bits per heavy atom. The van der Waals surface area contributed by atoms with Gasteiger partial charge in [0.2, 0.25) is 0 Å². The minimum absolute atomic E-state index is 0.0334. The highest BCUT2D eigenvalue weighted by Gasteiger charge is 2.36. The van der Waals surface area contributed by atoms with Crippen LogP contribution in [-0.2, 0) is 19.4 Å². The van der Waals surface area contributed by atoms with Gasteiger partial charge in [0.25, 0.3) is 5.91 Å². The van der Waals surface area contributed by atoms with Crippen LogP contribution in [0.5, 0.6) is 5.75 Å². The molecule has 32 heavy (non-hydrogen) atoms. The van der Waals surface area contributed by atoms with Crippen LogP contribution in [0.2, 0.25) is 0 Å². The molecule has 166 valence electrons. The maximum absolute atomic E-state index is 13.1. The van der Waals surface area contributed by atoms with Crippen LogP contribution < -0.4 is 15.4 Å². The van der Waals surface area contributed by atoms with Crippen molar-refractivity contribution in [1.82, 2.24) is 5.32 Å². The normalized spacial score (nSPS) is 20.0.